The van der Waals surface area contributed by atoms with E-state index in [-0.39, 0.29) is 5.96 Å². The van der Waals surface area contributed by atoms with E-state index in [1.54, 1.807) is 24.3 Å². The van der Waals surface area contributed by atoms with Gasteiger partial charge in [0, 0.05) is 10.7 Å². The maximum atomic E-state index is 11.2. The van der Waals surface area contributed by atoms with Gasteiger partial charge in [0.25, 0.3) is 5.91 Å². The molecule has 6 nitrogen and oxygen atoms in total. The third-order valence-electron chi connectivity index (χ3n) is 1.46. The number of guanidine groups is 1. The molecule has 0 atom stereocenters. The molecule has 16 heavy (non-hydrogen) atoms. The molecule has 0 heterocycles. The molecule has 1 rings (SSSR count). The molecule has 0 saturated carbocycles. The molecule has 0 spiro atoms. The number of carbonyl (C=O) groups is 1. The highest BCUT2D eigenvalue weighted by Crippen LogP contribution is 2.12. The number of halogens is 1. The van der Waals surface area contributed by atoms with E-state index in [9.17, 15) is 4.79 Å². The van der Waals surface area contributed by atoms with Crippen LogP contribution in [0.2, 0.25) is 5.02 Å². The number of hydrogen-bond acceptors (Lipinski definition) is 3. The molecule has 5 N–H and O–H groups in total. The Hall–Kier alpha value is -2.08. The van der Waals surface area contributed by atoms with E-state index in [1.165, 1.54) is 0 Å². The van der Waals surface area contributed by atoms with Crippen LogP contribution in [0, 0.1) is 0 Å². The van der Waals surface area contributed by atoms with E-state index in [4.69, 9.17) is 23.1 Å². The second kappa shape index (κ2) is 5.72. The molecule has 1 aromatic rings. The van der Waals surface area contributed by atoms with Gasteiger partial charge in [-0.25, -0.2) is 0 Å². The van der Waals surface area contributed by atoms with Gasteiger partial charge in [0.05, 0.1) is 0 Å². The number of nitrogens with one attached hydrogen (secondary N) is 1. The molecule has 0 radical (unpaired) electrons. The summed E-state index contributed by atoms with van der Waals surface area (Å²) in [7, 11) is 0. The summed E-state index contributed by atoms with van der Waals surface area (Å²) in [5.74, 6) is -0.650. The number of nitrogens with two attached hydrogens (primary N) is 2. The van der Waals surface area contributed by atoms with E-state index in [0.29, 0.717) is 10.7 Å². The van der Waals surface area contributed by atoms with Gasteiger partial charge in [0.15, 0.2) is 0 Å². The Morgan fingerprint density at radius 1 is 1.31 bits per heavy atom. The average molecular weight is 240 g/mol. The van der Waals surface area contributed by atoms with Gasteiger partial charge in [-0.1, -0.05) is 11.6 Å². The summed E-state index contributed by atoms with van der Waals surface area (Å²) in [6.45, 7) is 0. The predicted octanol–water partition coefficient (Wildman–Crippen LogP) is 0.538. The first kappa shape index (κ1) is 12.0. The lowest BCUT2D eigenvalue weighted by Gasteiger charge is -2.00. The van der Waals surface area contributed by atoms with Gasteiger partial charge in [-0.05, 0) is 24.3 Å². The minimum Gasteiger partial charge on any atom is -0.369 e. The zero-order valence-corrected chi connectivity index (χ0v) is 8.98. The number of hydrogen-bond donors (Lipinski definition) is 3. The summed E-state index contributed by atoms with van der Waals surface area (Å²) in [6.07, 6.45) is 0.967. The highest BCUT2D eigenvalue weighted by Gasteiger charge is 1.97. The first-order valence-electron chi connectivity index (χ1n) is 4.26. The molecule has 0 bridgehead atoms. The van der Waals surface area contributed by atoms with Crippen molar-refractivity contribution in [3.8, 4) is 0 Å². The lowest BCUT2D eigenvalue weighted by molar-refractivity contribution is -0.110. The third-order valence-corrected chi connectivity index (χ3v) is 1.71. The smallest absolute Gasteiger partial charge is 0.268 e. The van der Waals surface area contributed by atoms with Crippen molar-refractivity contribution in [2.24, 2.45) is 21.7 Å². The first-order chi connectivity index (χ1) is 7.58. The quantitative estimate of drug-likeness (QED) is 0.407. The Kier molecular flexibility index (Phi) is 4.28. The largest absolute Gasteiger partial charge is 0.369 e. The Morgan fingerprint density at radius 2 is 1.94 bits per heavy atom. The van der Waals surface area contributed by atoms with Crippen LogP contribution >= 0.6 is 11.6 Å². The van der Waals surface area contributed by atoms with Crippen molar-refractivity contribution in [1.29, 1.82) is 0 Å². The summed E-state index contributed by atoms with van der Waals surface area (Å²) in [6, 6.07) is 6.64. The molecular weight excluding hydrogens is 230 g/mol. The van der Waals surface area contributed by atoms with E-state index in [0.717, 1.165) is 6.21 Å². The van der Waals surface area contributed by atoms with Crippen LogP contribution in [-0.2, 0) is 4.79 Å². The molecule has 0 aliphatic rings. The fourth-order valence-electron chi connectivity index (χ4n) is 0.856. The average Bonchev–Trinajstić information content (AvgIpc) is 2.21. The van der Waals surface area contributed by atoms with Gasteiger partial charge in [-0.2, -0.15) is 0 Å². The molecule has 0 aliphatic heterocycles. The SMILES string of the molecule is NC(N)=N/N=C/C(=O)Nc1ccc(Cl)cc1. The number of amides is 1. The second-order valence-corrected chi connectivity index (χ2v) is 3.20. The Morgan fingerprint density at radius 3 is 2.50 bits per heavy atom. The topological polar surface area (TPSA) is 106 Å². The summed E-state index contributed by atoms with van der Waals surface area (Å²) < 4.78 is 0. The molecule has 7 heteroatoms. The molecule has 1 amide bonds. The van der Waals surface area contributed by atoms with Crippen LogP contribution < -0.4 is 16.8 Å². The maximum Gasteiger partial charge on any atom is 0.268 e. The number of carbonyl (C=O) groups excluding carboxylic acids is 1. The Bertz CT molecular complexity index is 422. The van der Waals surface area contributed by atoms with Gasteiger partial charge >= 0.3 is 0 Å². The molecular formula is C9H10ClN5O. The highest BCUT2D eigenvalue weighted by molar-refractivity contribution is 6.32. The minimum atomic E-state index is -0.438. The van der Waals surface area contributed by atoms with Crippen molar-refractivity contribution < 1.29 is 4.79 Å². The lowest BCUT2D eigenvalue weighted by atomic mass is 10.3. The fraction of sp³-hybridized carbons (Fsp3) is 0. The molecule has 84 valence electrons. The predicted molar refractivity (Wildman–Crippen MR) is 64.4 cm³/mol. The number of rotatable bonds is 3. The van der Waals surface area contributed by atoms with Crippen molar-refractivity contribution in [2.75, 3.05) is 5.32 Å². The zero-order valence-electron chi connectivity index (χ0n) is 8.22. The van der Waals surface area contributed by atoms with Crippen LogP contribution in [0.1, 0.15) is 0 Å². The van der Waals surface area contributed by atoms with Crippen LogP contribution in [-0.4, -0.2) is 18.1 Å². The van der Waals surface area contributed by atoms with Gasteiger partial charge in [-0.3, -0.25) is 4.79 Å². The van der Waals surface area contributed by atoms with E-state index < -0.39 is 5.91 Å². The number of nitrogens with zero attached hydrogens (tertiary/aromatic N) is 2. The summed E-state index contributed by atoms with van der Waals surface area (Å²) >= 11 is 5.68. The Labute approximate surface area is 97.0 Å². The minimum absolute atomic E-state index is 0.212. The summed E-state index contributed by atoms with van der Waals surface area (Å²) in [5, 5.41) is 9.77. The van der Waals surface area contributed by atoms with Crippen molar-refractivity contribution in [1.82, 2.24) is 0 Å². The van der Waals surface area contributed by atoms with Crippen molar-refractivity contribution in [2.45, 2.75) is 0 Å². The lowest BCUT2D eigenvalue weighted by Crippen LogP contribution is -2.22. The maximum absolute atomic E-state index is 11.2. The van der Waals surface area contributed by atoms with Crippen molar-refractivity contribution in [3.63, 3.8) is 0 Å². The molecule has 1 aromatic carbocycles. The third kappa shape index (κ3) is 4.43. The summed E-state index contributed by atoms with van der Waals surface area (Å²) in [5.41, 5.74) is 10.6. The Balaban J connectivity index is 2.55. The van der Waals surface area contributed by atoms with Crippen molar-refractivity contribution >= 4 is 35.4 Å². The van der Waals surface area contributed by atoms with Crippen LogP contribution in [0.3, 0.4) is 0 Å². The van der Waals surface area contributed by atoms with Gasteiger partial charge < -0.3 is 16.8 Å². The highest BCUT2D eigenvalue weighted by atomic mass is 35.5. The molecule has 0 fully saturated rings. The number of benzene rings is 1. The van der Waals surface area contributed by atoms with Crippen LogP contribution in [0.5, 0.6) is 0 Å². The second-order valence-electron chi connectivity index (χ2n) is 2.77. The fourth-order valence-corrected chi connectivity index (χ4v) is 0.982. The summed E-state index contributed by atoms with van der Waals surface area (Å²) in [4.78, 5) is 11.2. The molecule has 0 aromatic heterocycles. The molecule has 0 unspecified atom stereocenters. The molecule has 0 aliphatic carbocycles. The van der Waals surface area contributed by atoms with Gasteiger partial charge in [-0.15, -0.1) is 10.2 Å². The van der Waals surface area contributed by atoms with E-state index in [2.05, 4.69) is 15.5 Å². The first-order valence-corrected chi connectivity index (χ1v) is 4.64. The van der Waals surface area contributed by atoms with Crippen LogP contribution in [0.25, 0.3) is 0 Å². The van der Waals surface area contributed by atoms with E-state index in [1.807, 2.05) is 0 Å². The van der Waals surface area contributed by atoms with Gasteiger partial charge in [0.1, 0.15) is 6.21 Å². The van der Waals surface area contributed by atoms with Crippen molar-refractivity contribution in [3.05, 3.63) is 29.3 Å². The van der Waals surface area contributed by atoms with Crippen LogP contribution in [0.4, 0.5) is 5.69 Å². The molecule has 0 saturated heterocycles. The van der Waals surface area contributed by atoms with E-state index >= 15 is 0 Å². The number of anilines is 1. The van der Waals surface area contributed by atoms with Crippen LogP contribution in [0.15, 0.2) is 34.5 Å². The normalized spacial score (nSPS) is 10.1. The van der Waals surface area contributed by atoms with Gasteiger partial charge in [0.2, 0.25) is 5.96 Å². The monoisotopic (exact) mass is 239 g/mol. The standard InChI is InChI=1S/C9H10ClN5O/c10-6-1-3-7(4-2-6)14-8(16)5-13-15-9(11)12/h1-5H,(H,14,16)(H4,11,12,15)/b13-5+. The zero-order chi connectivity index (χ0) is 12.0.